The van der Waals surface area contributed by atoms with Crippen molar-refractivity contribution >= 4 is 17.9 Å². The zero-order chi connectivity index (χ0) is 22.0. The summed E-state index contributed by atoms with van der Waals surface area (Å²) >= 11 is 0. The van der Waals surface area contributed by atoms with Crippen molar-refractivity contribution in [2.75, 3.05) is 21.3 Å². The predicted molar refractivity (Wildman–Crippen MR) is 113 cm³/mol. The number of esters is 1. The first-order chi connectivity index (χ1) is 15.0. The minimum absolute atomic E-state index is 0.129. The van der Waals surface area contributed by atoms with E-state index in [2.05, 4.69) is 10.1 Å². The van der Waals surface area contributed by atoms with Crippen molar-refractivity contribution < 1.29 is 28.3 Å². The summed E-state index contributed by atoms with van der Waals surface area (Å²) in [6, 6.07) is 12.9. The van der Waals surface area contributed by atoms with Crippen molar-refractivity contribution in [3.8, 4) is 28.5 Å². The molecule has 1 aromatic heterocycles. The smallest absolute Gasteiger partial charge is 0.363 e. The summed E-state index contributed by atoms with van der Waals surface area (Å²) in [5.41, 5.74) is 2.68. The number of nitrogens with zero attached hydrogens (tertiary/aromatic N) is 2. The highest BCUT2D eigenvalue weighted by Crippen LogP contribution is 2.39. The summed E-state index contributed by atoms with van der Waals surface area (Å²) in [6.07, 6.45) is 1.59. The second kappa shape index (κ2) is 8.35. The molecular formula is C23H20N2O6. The Balaban J connectivity index is 1.76. The van der Waals surface area contributed by atoms with E-state index >= 15 is 0 Å². The van der Waals surface area contributed by atoms with Crippen LogP contribution >= 0.6 is 0 Å². The summed E-state index contributed by atoms with van der Waals surface area (Å²) in [5.74, 6) is 1.44. The molecule has 0 spiro atoms. The molecule has 0 saturated heterocycles. The quantitative estimate of drug-likeness (QED) is 0.439. The van der Waals surface area contributed by atoms with Crippen LogP contribution in [0.3, 0.4) is 0 Å². The first-order valence-electron chi connectivity index (χ1n) is 9.40. The third-order valence-corrected chi connectivity index (χ3v) is 4.73. The highest BCUT2D eigenvalue weighted by Gasteiger charge is 2.30. The summed E-state index contributed by atoms with van der Waals surface area (Å²) in [5, 5.41) is 4.12. The first-order valence-corrected chi connectivity index (χ1v) is 9.40. The zero-order valence-electron chi connectivity index (χ0n) is 17.5. The minimum atomic E-state index is -0.580. The second-order valence-corrected chi connectivity index (χ2v) is 6.62. The van der Waals surface area contributed by atoms with E-state index < -0.39 is 5.97 Å². The van der Waals surface area contributed by atoms with Crippen molar-refractivity contribution in [3.63, 3.8) is 0 Å². The van der Waals surface area contributed by atoms with Gasteiger partial charge in [0, 0.05) is 5.56 Å². The monoisotopic (exact) mass is 420 g/mol. The molecule has 0 radical (unpaired) electrons. The summed E-state index contributed by atoms with van der Waals surface area (Å²) in [6.45, 7) is 1.74. The molecule has 0 atom stereocenters. The van der Waals surface area contributed by atoms with Crippen LogP contribution in [0.15, 0.2) is 57.7 Å². The van der Waals surface area contributed by atoms with E-state index in [1.807, 2.05) is 30.3 Å². The summed E-state index contributed by atoms with van der Waals surface area (Å²) < 4.78 is 26.9. The lowest BCUT2D eigenvalue weighted by Crippen LogP contribution is -2.07. The normalized spacial score (nSPS) is 14.4. The first kappa shape index (κ1) is 20.2. The Morgan fingerprint density at radius 2 is 1.65 bits per heavy atom. The summed E-state index contributed by atoms with van der Waals surface area (Å²) in [7, 11) is 4.57. The number of aliphatic imine (C=N–C) groups is 1. The third kappa shape index (κ3) is 3.75. The highest BCUT2D eigenvalue weighted by atomic mass is 16.6. The highest BCUT2D eigenvalue weighted by molar-refractivity contribution is 6.15. The lowest BCUT2D eigenvalue weighted by molar-refractivity contribution is -0.129. The number of rotatable bonds is 6. The Bertz CT molecular complexity index is 1170. The van der Waals surface area contributed by atoms with Gasteiger partial charge in [-0.25, -0.2) is 9.79 Å². The molecule has 8 heteroatoms. The number of cyclic esters (lactones) is 1. The van der Waals surface area contributed by atoms with Gasteiger partial charge in [0.15, 0.2) is 17.2 Å². The van der Waals surface area contributed by atoms with Crippen LogP contribution in [-0.4, -0.2) is 38.4 Å². The maximum atomic E-state index is 12.5. The standard InChI is InChI=1S/C23H20N2O6/c1-13-19(20(25-31-13)15-8-6-5-7-9-15)22-24-16(23(26)30-22)10-14-11-17(27-2)21(29-4)18(12-14)28-3/h5-12H,1-4H3/b16-10-. The molecule has 0 unspecified atom stereocenters. The van der Waals surface area contributed by atoms with Crippen LogP contribution in [0.2, 0.25) is 0 Å². The molecule has 2 heterocycles. The van der Waals surface area contributed by atoms with Crippen LogP contribution in [0, 0.1) is 6.92 Å². The van der Waals surface area contributed by atoms with E-state index in [0.29, 0.717) is 39.8 Å². The molecule has 158 valence electrons. The Morgan fingerprint density at radius 1 is 0.968 bits per heavy atom. The van der Waals surface area contributed by atoms with Crippen LogP contribution in [0.25, 0.3) is 17.3 Å². The van der Waals surface area contributed by atoms with Crippen LogP contribution in [0.1, 0.15) is 16.9 Å². The van der Waals surface area contributed by atoms with E-state index in [0.717, 1.165) is 5.56 Å². The number of hydrogen-bond donors (Lipinski definition) is 0. The molecule has 0 bridgehead atoms. The SMILES string of the molecule is COc1cc(/C=C2\N=C(c3c(-c4ccccc4)noc3C)OC2=O)cc(OC)c1OC. The number of hydrogen-bond acceptors (Lipinski definition) is 8. The largest absolute Gasteiger partial charge is 0.493 e. The van der Waals surface area contributed by atoms with Gasteiger partial charge in [0.05, 0.1) is 21.3 Å². The van der Waals surface area contributed by atoms with Gasteiger partial charge in [-0.3, -0.25) is 0 Å². The van der Waals surface area contributed by atoms with Gasteiger partial charge < -0.3 is 23.5 Å². The van der Waals surface area contributed by atoms with Crippen molar-refractivity contribution in [2.24, 2.45) is 4.99 Å². The predicted octanol–water partition coefficient (Wildman–Crippen LogP) is 4.02. The average molecular weight is 420 g/mol. The van der Waals surface area contributed by atoms with Gasteiger partial charge >= 0.3 is 5.97 Å². The van der Waals surface area contributed by atoms with Gasteiger partial charge in [0.1, 0.15) is 17.0 Å². The van der Waals surface area contributed by atoms with Crippen molar-refractivity contribution in [2.45, 2.75) is 6.92 Å². The molecular weight excluding hydrogens is 400 g/mol. The number of carbonyl (C=O) groups excluding carboxylic acids is 1. The fourth-order valence-electron chi connectivity index (χ4n) is 3.28. The Labute approximate surface area is 178 Å². The van der Waals surface area contributed by atoms with Crippen LogP contribution in [-0.2, 0) is 9.53 Å². The summed E-state index contributed by atoms with van der Waals surface area (Å²) in [4.78, 5) is 16.9. The average Bonchev–Trinajstić information content (AvgIpc) is 3.35. The Kier molecular flexibility index (Phi) is 5.44. The Morgan fingerprint density at radius 3 is 2.26 bits per heavy atom. The molecule has 31 heavy (non-hydrogen) atoms. The zero-order valence-corrected chi connectivity index (χ0v) is 17.5. The van der Waals surface area contributed by atoms with Crippen LogP contribution in [0.5, 0.6) is 17.2 Å². The molecule has 1 aliphatic heterocycles. The lowest BCUT2D eigenvalue weighted by atomic mass is 10.1. The molecule has 4 rings (SSSR count). The molecule has 0 fully saturated rings. The van der Waals surface area contributed by atoms with E-state index in [4.69, 9.17) is 23.5 Å². The van der Waals surface area contributed by atoms with E-state index in [1.54, 1.807) is 25.1 Å². The maximum Gasteiger partial charge on any atom is 0.363 e. The van der Waals surface area contributed by atoms with Gasteiger partial charge in [-0.15, -0.1) is 0 Å². The molecule has 0 N–H and O–H groups in total. The second-order valence-electron chi connectivity index (χ2n) is 6.62. The topological polar surface area (TPSA) is 92.4 Å². The molecule has 3 aromatic rings. The number of aromatic nitrogens is 1. The number of carbonyl (C=O) groups is 1. The van der Waals surface area contributed by atoms with Crippen molar-refractivity contribution in [3.05, 3.63) is 65.0 Å². The number of methoxy groups -OCH3 is 3. The fourth-order valence-corrected chi connectivity index (χ4v) is 3.28. The maximum absolute atomic E-state index is 12.5. The van der Waals surface area contributed by atoms with Crippen molar-refractivity contribution in [1.82, 2.24) is 5.16 Å². The van der Waals surface area contributed by atoms with Gasteiger partial charge in [-0.2, -0.15) is 0 Å². The van der Waals surface area contributed by atoms with Crippen LogP contribution < -0.4 is 14.2 Å². The van der Waals surface area contributed by atoms with E-state index in [-0.39, 0.29) is 11.6 Å². The van der Waals surface area contributed by atoms with Gasteiger partial charge in [0.25, 0.3) is 0 Å². The van der Waals surface area contributed by atoms with E-state index in [1.165, 1.54) is 21.3 Å². The molecule has 1 aliphatic rings. The van der Waals surface area contributed by atoms with E-state index in [9.17, 15) is 4.79 Å². The minimum Gasteiger partial charge on any atom is -0.493 e. The third-order valence-electron chi connectivity index (χ3n) is 4.73. The molecule has 2 aromatic carbocycles. The van der Waals surface area contributed by atoms with Gasteiger partial charge in [-0.05, 0) is 30.7 Å². The van der Waals surface area contributed by atoms with Gasteiger partial charge in [-0.1, -0.05) is 35.5 Å². The molecule has 0 saturated carbocycles. The van der Waals surface area contributed by atoms with Crippen molar-refractivity contribution in [1.29, 1.82) is 0 Å². The molecule has 0 amide bonds. The number of aryl methyl sites for hydroxylation is 1. The molecule has 8 nitrogen and oxygen atoms in total. The number of benzene rings is 2. The van der Waals surface area contributed by atoms with Crippen LogP contribution in [0.4, 0.5) is 0 Å². The molecule has 0 aliphatic carbocycles. The lowest BCUT2D eigenvalue weighted by Gasteiger charge is -2.12. The Hall–Kier alpha value is -4.07. The number of ether oxygens (including phenoxy) is 4. The fraction of sp³-hybridized carbons (Fsp3) is 0.174. The van der Waals surface area contributed by atoms with Gasteiger partial charge in [0.2, 0.25) is 11.6 Å².